The number of ketones is 1. The fraction of sp³-hybridized carbons (Fsp3) is 0.941. The minimum absolute atomic E-state index is 0.162. The van der Waals surface area contributed by atoms with Crippen molar-refractivity contribution in [2.45, 2.75) is 33.7 Å². The van der Waals surface area contributed by atoms with Crippen LogP contribution in [0.15, 0.2) is 0 Å². The Morgan fingerprint density at radius 2 is 1.23 bits per heavy atom. The number of nitrogens with zero attached hydrogens (tertiary/aromatic N) is 4. The van der Waals surface area contributed by atoms with Crippen LogP contribution in [0.4, 0.5) is 0 Å². The molecule has 0 unspecified atom stereocenters. The number of hydrogen-bond donors (Lipinski definition) is 0. The second-order valence-electron chi connectivity index (χ2n) is 7.40. The summed E-state index contributed by atoms with van der Waals surface area (Å²) in [5, 5.41) is 0. The lowest BCUT2D eigenvalue weighted by atomic mass is 10.1. The van der Waals surface area contributed by atoms with E-state index >= 15 is 0 Å². The Kier molecular flexibility index (Phi) is 6.81. The molecule has 2 rings (SSSR count). The second kappa shape index (κ2) is 8.39. The summed E-state index contributed by atoms with van der Waals surface area (Å²) < 4.78 is 0. The monoisotopic (exact) mass is 310 g/mol. The van der Waals surface area contributed by atoms with Gasteiger partial charge in [0, 0.05) is 64.3 Å². The van der Waals surface area contributed by atoms with E-state index < -0.39 is 0 Å². The molecule has 0 amide bonds. The smallest absolute Gasteiger partial charge is 0.149 e. The van der Waals surface area contributed by atoms with E-state index in [0.717, 1.165) is 32.8 Å². The predicted molar refractivity (Wildman–Crippen MR) is 91.0 cm³/mol. The van der Waals surface area contributed by atoms with Gasteiger partial charge in [0.2, 0.25) is 0 Å². The number of piperazine rings is 2. The van der Waals surface area contributed by atoms with Crippen molar-refractivity contribution in [1.82, 2.24) is 19.6 Å². The summed E-state index contributed by atoms with van der Waals surface area (Å²) >= 11 is 0. The highest BCUT2D eigenvalue weighted by molar-refractivity contribution is 5.82. The third kappa shape index (κ3) is 5.30. The first-order valence-electron chi connectivity index (χ1n) is 8.89. The fourth-order valence-electron chi connectivity index (χ4n) is 3.20. The lowest BCUT2D eigenvalue weighted by Crippen LogP contribution is -2.55. The van der Waals surface area contributed by atoms with E-state index in [-0.39, 0.29) is 5.92 Å². The Morgan fingerprint density at radius 1 is 0.773 bits per heavy atom. The number of carbonyl (C=O) groups excluding carboxylic acids is 1. The van der Waals surface area contributed by atoms with E-state index in [9.17, 15) is 4.79 Å². The van der Waals surface area contributed by atoms with Gasteiger partial charge in [-0.15, -0.1) is 0 Å². The van der Waals surface area contributed by atoms with E-state index in [0.29, 0.717) is 18.4 Å². The quantitative estimate of drug-likeness (QED) is 0.724. The highest BCUT2D eigenvalue weighted by atomic mass is 16.1. The molecule has 22 heavy (non-hydrogen) atoms. The Labute approximate surface area is 136 Å². The molecule has 5 nitrogen and oxygen atoms in total. The largest absolute Gasteiger partial charge is 0.298 e. The molecule has 0 bridgehead atoms. The van der Waals surface area contributed by atoms with Crippen LogP contribution in [0.1, 0.15) is 27.7 Å². The Balaban J connectivity index is 1.65. The molecule has 0 radical (unpaired) electrons. The van der Waals surface area contributed by atoms with Crippen LogP contribution in [-0.2, 0) is 4.79 Å². The van der Waals surface area contributed by atoms with E-state index in [1.165, 1.54) is 26.2 Å². The first-order chi connectivity index (χ1) is 10.5. The van der Waals surface area contributed by atoms with Crippen molar-refractivity contribution >= 4 is 5.78 Å². The molecule has 5 heteroatoms. The first kappa shape index (κ1) is 17.9. The summed E-state index contributed by atoms with van der Waals surface area (Å²) in [4.78, 5) is 21.8. The van der Waals surface area contributed by atoms with Gasteiger partial charge in [0.15, 0.2) is 0 Å². The maximum absolute atomic E-state index is 11.8. The normalized spacial score (nSPS) is 23.5. The third-order valence-corrected chi connectivity index (χ3v) is 5.03. The van der Waals surface area contributed by atoms with Crippen LogP contribution >= 0.6 is 0 Å². The van der Waals surface area contributed by atoms with Crippen molar-refractivity contribution in [3.8, 4) is 0 Å². The van der Waals surface area contributed by atoms with Crippen LogP contribution < -0.4 is 0 Å². The van der Waals surface area contributed by atoms with Crippen molar-refractivity contribution in [2.24, 2.45) is 5.92 Å². The highest BCUT2D eigenvalue weighted by Crippen LogP contribution is 2.09. The van der Waals surface area contributed by atoms with Gasteiger partial charge in [-0.25, -0.2) is 0 Å². The summed E-state index contributed by atoms with van der Waals surface area (Å²) in [5.74, 6) is 0.536. The molecule has 2 saturated heterocycles. The number of rotatable bonds is 6. The average Bonchev–Trinajstić information content (AvgIpc) is 2.49. The molecule has 0 N–H and O–H groups in total. The summed E-state index contributed by atoms with van der Waals surface area (Å²) in [6, 6.07) is 0.671. The van der Waals surface area contributed by atoms with Crippen molar-refractivity contribution in [1.29, 1.82) is 0 Å². The van der Waals surface area contributed by atoms with Gasteiger partial charge in [-0.2, -0.15) is 0 Å². The SMILES string of the molecule is CC(C)C(=O)CN1CCN(CN2CCN(C(C)C)CC2)CC1. The molecule has 0 spiro atoms. The number of hydrogen-bond acceptors (Lipinski definition) is 5. The van der Waals surface area contributed by atoms with Crippen LogP contribution in [0, 0.1) is 5.92 Å². The molecular formula is C17H34N4O. The molecule has 128 valence electrons. The molecule has 0 aliphatic carbocycles. The van der Waals surface area contributed by atoms with Crippen LogP contribution in [0.3, 0.4) is 0 Å². The van der Waals surface area contributed by atoms with Gasteiger partial charge in [-0.05, 0) is 13.8 Å². The van der Waals surface area contributed by atoms with Gasteiger partial charge in [-0.1, -0.05) is 13.8 Å². The van der Waals surface area contributed by atoms with E-state index in [1.807, 2.05) is 13.8 Å². The topological polar surface area (TPSA) is 30.0 Å². The zero-order valence-corrected chi connectivity index (χ0v) is 14.9. The van der Waals surface area contributed by atoms with Crippen molar-refractivity contribution < 1.29 is 4.79 Å². The van der Waals surface area contributed by atoms with E-state index in [1.54, 1.807) is 0 Å². The Morgan fingerprint density at radius 3 is 1.68 bits per heavy atom. The standard InChI is InChI=1S/C17H34N4O/c1-15(2)17(22)13-18-5-7-19(8-6-18)14-20-9-11-21(12-10-20)16(3)4/h15-16H,5-14H2,1-4H3. The molecule has 2 aliphatic rings. The number of Topliss-reactive ketones (excluding diaryl/α,β-unsaturated/α-hetero) is 1. The van der Waals surface area contributed by atoms with Crippen molar-refractivity contribution in [2.75, 3.05) is 65.6 Å². The van der Waals surface area contributed by atoms with Gasteiger partial charge in [0.05, 0.1) is 13.2 Å². The zero-order valence-electron chi connectivity index (χ0n) is 14.9. The van der Waals surface area contributed by atoms with Gasteiger partial charge >= 0.3 is 0 Å². The average molecular weight is 310 g/mol. The molecule has 2 aliphatic heterocycles. The van der Waals surface area contributed by atoms with E-state index in [4.69, 9.17) is 0 Å². The molecule has 0 saturated carbocycles. The summed E-state index contributed by atoms with van der Waals surface area (Å²) in [6.45, 7) is 19.3. The molecule has 2 fully saturated rings. The lowest BCUT2D eigenvalue weighted by Gasteiger charge is -2.41. The summed E-state index contributed by atoms with van der Waals surface area (Å²) in [5.41, 5.74) is 0. The summed E-state index contributed by atoms with van der Waals surface area (Å²) in [6.07, 6.45) is 0. The molecule has 0 aromatic rings. The summed E-state index contributed by atoms with van der Waals surface area (Å²) in [7, 11) is 0. The van der Waals surface area contributed by atoms with E-state index in [2.05, 4.69) is 33.4 Å². The Hall–Kier alpha value is -0.490. The molecule has 0 atom stereocenters. The molecular weight excluding hydrogens is 276 g/mol. The van der Waals surface area contributed by atoms with Gasteiger partial charge in [0.25, 0.3) is 0 Å². The predicted octanol–water partition coefficient (Wildman–Crippen LogP) is 0.813. The fourth-order valence-corrected chi connectivity index (χ4v) is 3.20. The minimum atomic E-state index is 0.162. The first-order valence-corrected chi connectivity index (χ1v) is 8.89. The Bertz CT molecular complexity index is 343. The zero-order chi connectivity index (χ0) is 16.1. The number of carbonyl (C=O) groups is 1. The van der Waals surface area contributed by atoms with Crippen LogP contribution in [0.2, 0.25) is 0 Å². The van der Waals surface area contributed by atoms with Gasteiger partial charge in [-0.3, -0.25) is 24.4 Å². The maximum atomic E-state index is 11.8. The van der Waals surface area contributed by atoms with Crippen LogP contribution in [0.5, 0.6) is 0 Å². The van der Waals surface area contributed by atoms with Crippen molar-refractivity contribution in [3.63, 3.8) is 0 Å². The van der Waals surface area contributed by atoms with Crippen LogP contribution in [-0.4, -0.2) is 97.0 Å². The van der Waals surface area contributed by atoms with Gasteiger partial charge < -0.3 is 0 Å². The molecule has 2 heterocycles. The van der Waals surface area contributed by atoms with Gasteiger partial charge in [0.1, 0.15) is 5.78 Å². The lowest BCUT2D eigenvalue weighted by molar-refractivity contribution is -0.123. The molecule has 0 aromatic carbocycles. The maximum Gasteiger partial charge on any atom is 0.149 e. The second-order valence-corrected chi connectivity index (χ2v) is 7.40. The third-order valence-electron chi connectivity index (χ3n) is 5.03. The van der Waals surface area contributed by atoms with Crippen LogP contribution in [0.25, 0.3) is 0 Å². The minimum Gasteiger partial charge on any atom is -0.298 e. The van der Waals surface area contributed by atoms with Crippen molar-refractivity contribution in [3.05, 3.63) is 0 Å². The molecule has 0 aromatic heterocycles. The highest BCUT2D eigenvalue weighted by Gasteiger charge is 2.23.